The normalized spacial score (nSPS) is 12.2. The zero-order valence-corrected chi connectivity index (χ0v) is 17.9. The summed E-state index contributed by atoms with van der Waals surface area (Å²) >= 11 is 0. The first kappa shape index (κ1) is 22.8. The van der Waals surface area contributed by atoms with E-state index in [2.05, 4.69) is 15.6 Å². The highest BCUT2D eigenvalue weighted by molar-refractivity contribution is 6.00. The quantitative estimate of drug-likeness (QED) is 0.459. The minimum absolute atomic E-state index is 0.0317. The Balaban J connectivity index is 1.79. The van der Waals surface area contributed by atoms with Gasteiger partial charge >= 0.3 is 12.1 Å². The number of fused-ring (bicyclic) bond motifs is 1. The number of carbonyl (C=O) groups excluding carboxylic acids is 2. The molecule has 0 aliphatic rings. The number of H-pyrrole nitrogens is 1. The number of aromatic carboxylic acids is 1. The number of benzene rings is 2. The van der Waals surface area contributed by atoms with E-state index in [9.17, 15) is 18.8 Å². The molecule has 9 heteroatoms. The SMILES string of the molecule is CC(C)(C)OC(=O)NC(Cc1ccc(F)cc1)C(=O)Nc1ccc2[nH]c(C(=O)O)cc2c1. The van der Waals surface area contributed by atoms with Crippen molar-refractivity contribution < 1.29 is 28.6 Å². The van der Waals surface area contributed by atoms with Crippen LogP contribution in [-0.2, 0) is 16.0 Å². The van der Waals surface area contributed by atoms with Gasteiger partial charge in [0.25, 0.3) is 0 Å². The van der Waals surface area contributed by atoms with E-state index in [1.54, 1.807) is 39.0 Å². The Morgan fingerprint density at radius 3 is 2.41 bits per heavy atom. The average molecular weight is 441 g/mol. The number of hydrogen-bond donors (Lipinski definition) is 4. The molecule has 1 aromatic heterocycles. The molecule has 0 radical (unpaired) electrons. The van der Waals surface area contributed by atoms with Gasteiger partial charge in [-0.15, -0.1) is 0 Å². The van der Waals surface area contributed by atoms with Crippen LogP contribution in [0.15, 0.2) is 48.5 Å². The number of carbonyl (C=O) groups is 3. The summed E-state index contributed by atoms with van der Waals surface area (Å²) in [5, 5.41) is 15.0. The number of halogens is 1. The molecule has 32 heavy (non-hydrogen) atoms. The van der Waals surface area contributed by atoms with E-state index >= 15 is 0 Å². The fraction of sp³-hybridized carbons (Fsp3) is 0.261. The Morgan fingerprint density at radius 2 is 1.78 bits per heavy atom. The van der Waals surface area contributed by atoms with Gasteiger partial charge in [0.15, 0.2) is 0 Å². The van der Waals surface area contributed by atoms with E-state index in [0.717, 1.165) is 0 Å². The van der Waals surface area contributed by atoms with Crippen molar-refractivity contribution in [2.75, 3.05) is 5.32 Å². The molecular formula is C23H24FN3O5. The monoisotopic (exact) mass is 441 g/mol. The second-order valence-electron chi connectivity index (χ2n) is 8.31. The van der Waals surface area contributed by atoms with Crippen molar-refractivity contribution in [2.24, 2.45) is 0 Å². The molecule has 1 unspecified atom stereocenters. The zero-order chi connectivity index (χ0) is 23.5. The molecule has 168 valence electrons. The predicted octanol–water partition coefficient (Wildman–Crippen LogP) is 4.08. The topological polar surface area (TPSA) is 121 Å². The Bertz CT molecular complexity index is 1150. The maximum absolute atomic E-state index is 13.2. The second-order valence-corrected chi connectivity index (χ2v) is 8.31. The first-order valence-electron chi connectivity index (χ1n) is 9.91. The lowest BCUT2D eigenvalue weighted by atomic mass is 10.0. The lowest BCUT2D eigenvalue weighted by Gasteiger charge is -2.23. The average Bonchev–Trinajstić information content (AvgIpc) is 3.11. The second kappa shape index (κ2) is 9.09. The fourth-order valence-corrected chi connectivity index (χ4v) is 3.07. The summed E-state index contributed by atoms with van der Waals surface area (Å²) in [4.78, 5) is 39.2. The van der Waals surface area contributed by atoms with Gasteiger partial charge < -0.3 is 25.5 Å². The largest absolute Gasteiger partial charge is 0.477 e. The number of aromatic amines is 1. The molecule has 0 aliphatic heterocycles. The van der Waals surface area contributed by atoms with E-state index < -0.39 is 35.4 Å². The lowest BCUT2D eigenvalue weighted by Crippen LogP contribution is -2.47. The van der Waals surface area contributed by atoms with E-state index in [1.165, 1.54) is 30.3 Å². The van der Waals surface area contributed by atoms with Gasteiger partial charge in [0.2, 0.25) is 5.91 Å². The van der Waals surface area contributed by atoms with Crippen LogP contribution in [0.3, 0.4) is 0 Å². The summed E-state index contributed by atoms with van der Waals surface area (Å²) in [6.07, 6.45) is -0.645. The van der Waals surface area contributed by atoms with Crippen molar-refractivity contribution >= 4 is 34.6 Å². The van der Waals surface area contributed by atoms with Crippen LogP contribution in [0.5, 0.6) is 0 Å². The molecule has 0 spiro atoms. The zero-order valence-electron chi connectivity index (χ0n) is 17.9. The van der Waals surface area contributed by atoms with Crippen molar-refractivity contribution in [2.45, 2.75) is 38.8 Å². The first-order valence-corrected chi connectivity index (χ1v) is 9.91. The third-order valence-electron chi connectivity index (χ3n) is 4.48. The fourth-order valence-electron chi connectivity index (χ4n) is 3.07. The summed E-state index contributed by atoms with van der Waals surface area (Å²) < 4.78 is 18.5. The van der Waals surface area contributed by atoms with Crippen molar-refractivity contribution in [1.29, 1.82) is 0 Å². The molecule has 4 N–H and O–H groups in total. The molecule has 0 bridgehead atoms. The number of carboxylic acid groups (broad SMARTS) is 1. The Morgan fingerprint density at radius 1 is 1.09 bits per heavy atom. The van der Waals surface area contributed by atoms with Crippen LogP contribution in [0, 0.1) is 5.82 Å². The van der Waals surface area contributed by atoms with E-state index in [-0.39, 0.29) is 12.1 Å². The number of rotatable bonds is 6. The van der Waals surface area contributed by atoms with Gasteiger partial charge in [-0.3, -0.25) is 4.79 Å². The van der Waals surface area contributed by atoms with Gasteiger partial charge in [-0.05, 0) is 62.7 Å². The highest BCUT2D eigenvalue weighted by Crippen LogP contribution is 2.21. The number of hydrogen-bond acceptors (Lipinski definition) is 4. The van der Waals surface area contributed by atoms with Crippen LogP contribution in [0.2, 0.25) is 0 Å². The van der Waals surface area contributed by atoms with Gasteiger partial charge in [-0.25, -0.2) is 14.0 Å². The van der Waals surface area contributed by atoms with Crippen LogP contribution in [0.25, 0.3) is 10.9 Å². The van der Waals surface area contributed by atoms with Crippen LogP contribution in [0.1, 0.15) is 36.8 Å². The van der Waals surface area contributed by atoms with Crippen molar-refractivity contribution in [3.05, 3.63) is 65.6 Å². The Labute approximate surface area is 183 Å². The maximum Gasteiger partial charge on any atom is 0.408 e. The van der Waals surface area contributed by atoms with Gasteiger partial charge in [0.1, 0.15) is 23.2 Å². The number of alkyl carbamates (subject to hydrolysis) is 1. The van der Waals surface area contributed by atoms with Gasteiger partial charge in [0.05, 0.1) is 0 Å². The molecule has 2 aromatic carbocycles. The minimum atomic E-state index is -1.09. The number of ether oxygens (including phenoxy) is 1. The van der Waals surface area contributed by atoms with Crippen molar-refractivity contribution in [3.8, 4) is 0 Å². The molecular weight excluding hydrogens is 417 g/mol. The summed E-state index contributed by atoms with van der Waals surface area (Å²) in [5.41, 5.74) is 0.963. The molecule has 0 fully saturated rings. The first-order chi connectivity index (χ1) is 15.0. The summed E-state index contributed by atoms with van der Waals surface area (Å²) in [6, 6.07) is 11.0. The van der Waals surface area contributed by atoms with Crippen LogP contribution >= 0.6 is 0 Å². The lowest BCUT2D eigenvalue weighted by molar-refractivity contribution is -0.118. The molecule has 3 rings (SSSR count). The number of anilines is 1. The standard InChI is InChI=1S/C23H24FN3O5/c1-23(2,3)32-22(31)27-18(10-13-4-6-15(24)7-5-13)20(28)25-16-8-9-17-14(11-16)12-19(26-17)21(29)30/h4-9,11-12,18,26H,10H2,1-3H3,(H,25,28)(H,27,31)(H,29,30). The van der Waals surface area contributed by atoms with Crippen LogP contribution in [-0.4, -0.2) is 39.7 Å². The summed E-state index contributed by atoms with van der Waals surface area (Å²) in [5.74, 6) is -2.00. The predicted molar refractivity (Wildman–Crippen MR) is 117 cm³/mol. The highest BCUT2D eigenvalue weighted by atomic mass is 19.1. The van der Waals surface area contributed by atoms with E-state index in [0.29, 0.717) is 22.2 Å². The van der Waals surface area contributed by atoms with E-state index in [4.69, 9.17) is 9.84 Å². The number of aromatic nitrogens is 1. The van der Waals surface area contributed by atoms with Crippen molar-refractivity contribution in [3.63, 3.8) is 0 Å². The third kappa shape index (κ3) is 6.07. The third-order valence-corrected chi connectivity index (χ3v) is 4.48. The van der Waals surface area contributed by atoms with Gasteiger partial charge in [-0.1, -0.05) is 12.1 Å². The highest BCUT2D eigenvalue weighted by Gasteiger charge is 2.25. The number of carboxylic acids is 1. The van der Waals surface area contributed by atoms with Crippen molar-refractivity contribution in [1.82, 2.24) is 10.3 Å². The number of nitrogens with one attached hydrogen (secondary N) is 3. The molecule has 0 saturated carbocycles. The Kier molecular flexibility index (Phi) is 6.47. The summed E-state index contributed by atoms with van der Waals surface area (Å²) in [7, 11) is 0. The molecule has 0 saturated heterocycles. The summed E-state index contributed by atoms with van der Waals surface area (Å²) in [6.45, 7) is 5.12. The molecule has 8 nitrogen and oxygen atoms in total. The molecule has 2 amide bonds. The smallest absolute Gasteiger partial charge is 0.408 e. The maximum atomic E-state index is 13.2. The van der Waals surface area contributed by atoms with Gasteiger partial charge in [0, 0.05) is 23.0 Å². The molecule has 1 heterocycles. The van der Waals surface area contributed by atoms with Crippen LogP contribution in [0.4, 0.5) is 14.9 Å². The van der Waals surface area contributed by atoms with Gasteiger partial charge in [-0.2, -0.15) is 0 Å². The van der Waals surface area contributed by atoms with E-state index in [1.807, 2.05) is 0 Å². The molecule has 3 aromatic rings. The molecule has 1 atom stereocenters. The van der Waals surface area contributed by atoms with Crippen LogP contribution < -0.4 is 10.6 Å². The Hall–Kier alpha value is -3.88. The number of amides is 2. The minimum Gasteiger partial charge on any atom is -0.477 e. The molecule has 0 aliphatic carbocycles.